The molecule has 7 heteroatoms. The summed E-state index contributed by atoms with van der Waals surface area (Å²) in [6.45, 7) is 3.22. The second kappa shape index (κ2) is 9.30. The molecule has 0 aliphatic carbocycles. The lowest BCUT2D eigenvalue weighted by atomic mass is 10.1. The van der Waals surface area contributed by atoms with Crippen LogP contribution in [0.2, 0.25) is 0 Å². The third-order valence-corrected chi connectivity index (χ3v) is 4.72. The molecule has 1 aromatic carbocycles. The molecule has 1 aromatic heterocycles. The molecule has 1 heterocycles. The van der Waals surface area contributed by atoms with Crippen molar-refractivity contribution in [3.63, 3.8) is 0 Å². The summed E-state index contributed by atoms with van der Waals surface area (Å²) in [6.07, 6.45) is -4.33. The molecule has 0 spiro atoms. The van der Waals surface area contributed by atoms with Gasteiger partial charge in [-0.1, -0.05) is 24.8 Å². The molecule has 2 N–H and O–H groups in total. The molecule has 0 aliphatic heterocycles. The van der Waals surface area contributed by atoms with Gasteiger partial charge in [-0.3, -0.25) is 4.99 Å². The smallest absolute Gasteiger partial charge is 0.356 e. The minimum atomic E-state index is -4.33. The number of halogens is 3. The van der Waals surface area contributed by atoms with E-state index in [2.05, 4.69) is 45.8 Å². The SMILES string of the molecule is CN=C(NCC#Cc1ccc(C(F)(F)F)cc1)NCC(C)c1cccs1. The summed E-state index contributed by atoms with van der Waals surface area (Å²) in [4.78, 5) is 5.43. The first-order valence-electron chi connectivity index (χ1n) is 8.04. The van der Waals surface area contributed by atoms with Crippen LogP contribution in [0, 0.1) is 11.8 Å². The van der Waals surface area contributed by atoms with Gasteiger partial charge in [-0.05, 0) is 35.7 Å². The number of thiophene rings is 1. The number of hydrogen-bond donors (Lipinski definition) is 2. The van der Waals surface area contributed by atoms with Crippen molar-refractivity contribution in [1.29, 1.82) is 0 Å². The number of nitrogens with zero attached hydrogens (tertiary/aromatic N) is 1. The number of alkyl halides is 3. The Kier molecular flexibility index (Phi) is 7.10. The van der Waals surface area contributed by atoms with Crippen LogP contribution in [0.1, 0.15) is 28.8 Å². The average molecular weight is 379 g/mol. The van der Waals surface area contributed by atoms with E-state index >= 15 is 0 Å². The van der Waals surface area contributed by atoms with Crippen molar-refractivity contribution in [1.82, 2.24) is 10.6 Å². The number of guanidine groups is 1. The van der Waals surface area contributed by atoms with E-state index in [4.69, 9.17) is 0 Å². The van der Waals surface area contributed by atoms with Gasteiger partial charge in [0.25, 0.3) is 0 Å². The summed E-state index contributed by atoms with van der Waals surface area (Å²) in [6, 6.07) is 8.92. The lowest BCUT2D eigenvalue weighted by Gasteiger charge is -2.14. The molecule has 26 heavy (non-hydrogen) atoms. The van der Waals surface area contributed by atoms with Crippen LogP contribution < -0.4 is 10.6 Å². The fraction of sp³-hybridized carbons (Fsp3) is 0.316. The van der Waals surface area contributed by atoms with E-state index in [1.165, 1.54) is 17.0 Å². The molecule has 2 rings (SSSR count). The van der Waals surface area contributed by atoms with Crippen LogP contribution in [-0.4, -0.2) is 26.1 Å². The van der Waals surface area contributed by atoms with E-state index in [1.54, 1.807) is 18.4 Å². The minimum Gasteiger partial charge on any atom is -0.356 e. The van der Waals surface area contributed by atoms with E-state index in [9.17, 15) is 13.2 Å². The van der Waals surface area contributed by atoms with Crippen LogP contribution in [0.5, 0.6) is 0 Å². The molecule has 0 radical (unpaired) electrons. The molecule has 138 valence electrons. The van der Waals surface area contributed by atoms with Crippen molar-refractivity contribution >= 4 is 17.3 Å². The van der Waals surface area contributed by atoms with Gasteiger partial charge in [-0.15, -0.1) is 11.3 Å². The van der Waals surface area contributed by atoms with Crippen LogP contribution in [0.25, 0.3) is 0 Å². The maximum Gasteiger partial charge on any atom is 0.416 e. The van der Waals surface area contributed by atoms with Gasteiger partial charge < -0.3 is 10.6 Å². The third-order valence-electron chi connectivity index (χ3n) is 3.62. The van der Waals surface area contributed by atoms with E-state index in [1.807, 2.05) is 6.07 Å². The van der Waals surface area contributed by atoms with E-state index in [-0.39, 0.29) is 0 Å². The van der Waals surface area contributed by atoms with Crippen LogP contribution in [0.15, 0.2) is 46.8 Å². The van der Waals surface area contributed by atoms with Crippen molar-refractivity contribution < 1.29 is 13.2 Å². The Morgan fingerprint density at radius 1 is 1.19 bits per heavy atom. The molecular weight excluding hydrogens is 359 g/mol. The minimum absolute atomic E-state index is 0.341. The largest absolute Gasteiger partial charge is 0.416 e. The molecule has 2 aromatic rings. The van der Waals surface area contributed by atoms with Crippen LogP contribution in [0.3, 0.4) is 0 Å². The van der Waals surface area contributed by atoms with Gasteiger partial charge in [0.2, 0.25) is 0 Å². The van der Waals surface area contributed by atoms with Gasteiger partial charge in [0.15, 0.2) is 5.96 Å². The van der Waals surface area contributed by atoms with Crippen LogP contribution >= 0.6 is 11.3 Å². The molecule has 0 amide bonds. The summed E-state index contributed by atoms with van der Waals surface area (Å²) in [5, 5.41) is 8.35. The Bertz CT molecular complexity index is 769. The lowest BCUT2D eigenvalue weighted by Crippen LogP contribution is -2.39. The Morgan fingerprint density at radius 2 is 1.92 bits per heavy atom. The first-order chi connectivity index (χ1) is 12.4. The van der Waals surface area contributed by atoms with Crippen LogP contribution in [-0.2, 0) is 6.18 Å². The molecular formula is C19H20F3N3S. The Labute approximate surface area is 155 Å². The lowest BCUT2D eigenvalue weighted by molar-refractivity contribution is -0.137. The molecule has 0 aliphatic rings. The van der Waals surface area contributed by atoms with Gasteiger partial charge in [0, 0.05) is 30.0 Å². The summed E-state index contributed by atoms with van der Waals surface area (Å²) < 4.78 is 37.5. The molecule has 1 unspecified atom stereocenters. The average Bonchev–Trinajstić information content (AvgIpc) is 3.15. The number of rotatable bonds is 4. The summed E-state index contributed by atoms with van der Waals surface area (Å²) in [7, 11) is 1.68. The highest BCUT2D eigenvalue weighted by atomic mass is 32.1. The highest BCUT2D eigenvalue weighted by molar-refractivity contribution is 7.10. The fourth-order valence-electron chi connectivity index (χ4n) is 2.16. The van der Waals surface area contributed by atoms with Crippen molar-refractivity contribution in [2.45, 2.75) is 19.0 Å². The second-order valence-corrected chi connectivity index (χ2v) is 6.58. The topological polar surface area (TPSA) is 36.4 Å². The molecule has 1 atom stereocenters. The monoisotopic (exact) mass is 379 g/mol. The fourth-order valence-corrected chi connectivity index (χ4v) is 2.95. The van der Waals surface area contributed by atoms with E-state index in [0.29, 0.717) is 24.0 Å². The Hall–Kier alpha value is -2.46. The molecule has 0 saturated heterocycles. The molecule has 3 nitrogen and oxygen atoms in total. The number of benzene rings is 1. The van der Waals surface area contributed by atoms with Crippen LogP contribution in [0.4, 0.5) is 13.2 Å². The Balaban J connectivity index is 1.80. The normalized spacial score (nSPS) is 12.9. The van der Waals surface area contributed by atoms with Gasteiger partial charge in [-0.25, -0.2) is 0 Å². The van der Waals surface area contributed by atoms with Crippen molar-refractivity contribution in [2.75, 3.05) is 20.1 Å². The van der Waals surface area contributed by atoms with Crippen molar-refractivity contribution in [3.05, 3.63) is 57.8 Å². The highest BCUT2D eigenvalue weighted by Crippen LogP contribution is 2.28. The molecule has 0 saturated carbocycles. The van der Waals surface area contributed by atoms with E-state index < -0.39 is 11.7 Å². The number of aliphatic imine (C=N–C) groups is 1. The molecule has 0 bridgehead atoms. The maximum atomic E-state index is 12.5. The summed E-state index contributed by atoms with van der Waals surface area (Å²) in [5.74, 6) is 6.71. The number of nitrogens with one attached hydrogen (secondary N) is 2. The van der Waals surface area contributed by atoms with Crippen molar-refractivity contribution in [2.24, 2.45) is 4.99 Å². The standard InChI is InChI=1S/C19H20F3N3S/c1-14(17-6-4-12-26-17)13-25-18(23-2)24-11-3-5-15-7-9-16(10-8-15)19(20,21)22/h4,6-10,12,14H,11,13H2,1-2H3,(H2,23,24,25). The molecule has 0 fully saturated rings. The predicted molar refractivity (Wildman–Crippen MR) is 100 cm³/mol. The van der Waals surface area contributed by atoms with E-state index in [0.717, 1.165) is 18.7 Å². The van der Waals surface area contributed by atoms with Gasteiger partial charge in [0.05, 0.1) is 12.1 Å². The highest BCUT2D eigenvalue weighted by Gasteiger charge is 2.29. The zero-order valence-corrected chi connectivity index (χ0v) is 15.3. The maximum absolute atomic E-state index is 12.5. The van der Waals surface area contributed by atoms with Gasteiger partial charge in [0.1, 0.15) is 0 Å². The van der Waals surface area contributed by atoms with Gasteiger partial charge >= 0.3 is 6.18 Å². The third kappa shape index (κ3) is 6.12. The first-order valence-corrected chi connectivity index (χ1v) is 8.92. The summed E-state index contributed by atoms with van der Waals surface area (Å²) in [5.41, 5.74) is -0.139. The quantitative estimate of drug-likeness (QED) is 0.477. The van der Waals surface area contributed by atoms with Crippen molar-refractivity contribution in [3.8, 4) is 11.8 Å². The predicted octanol–water partition coefficient (Wildman–Crippen LogP) is 4.09. The van der Waals surface area contributed by atoms with Gasteiger partial charge in [-0.2, -0.15) is 13.2 Å². The zero-order valence-electron chi connectivity index (χ0n) is 14.5. The number of hydrogen-bond acceptors (Lipinski definition) is 2. The second-order valence-electron chi connectivity index (χ2n) is 5.60. The summed E-state index contributed by atoms with van der Waals surface area (Å²) >= 11 is 1.72. The zero-order chi connectivity index (χ0) is 19.0. The Morgan fingerprint density at radius 3 is 2.50 bits per heavy atom. The first kappa shape index (κ1) is 19.9.